The van der Waals surface area contributed by atoms with Gasteiger partial charge in [-0.1, -0.05) is 52.5 Å². The third kappa shape index (κ3) is 7.50. The molecule has 44 heavy (non-hydrogen) atoms. The van der Waals surface area contributed by atoms with Gasteiger partial charge in [0, 0.05) is 37.2 Å². The maximum atomic E-state index is 11.6. The quantitative estimate of drug-likeness (QED) is 0.164. The predicted molar refractivity (Wildman–Crippen MR) is 178 cm³/mol. The van der Waals surface area contributed by atoms with Gasteiger partial charge >= 0.3 is 0 Å². The predicted octanol–water partition coefficient (Wildman–Crippen LogP) is 6.79. The maximum absolute atomic E-state index is 11.6. The average Bonchev–Trinajstić information content (AvgIpc) is 3.36. The lowest BCUT2D eigenvalue weighted by Gasteiger charge is -2.30. The van der Waals surface area contributed by atoms with Crippen molar-refractivity contribution in [3.05, 3.63) is 68.2 Å². The summed E-state index contributed by atoms with van der Waals surface area (Å²) in [5.74, 6) is 0.598. The molecular weight excluding hydrogens is 694 g/mol. The number of aryl methyl sites for hydroxylation is 1. The van der Waals surface area contributed by atoms with E-state index in [9.17, 15) is 25.9 Å². The van der Waals surface area contributed by atoms with Crippen LogP contribution in [0.4, 0.5) is 11.4 Å². The topological polar surface area (TPSA) is 124 Å². The number of imidazole rings is 1. The first-order valence-corrected chi connectivity index (χ1v) is 18.4. The molecule has 2 heterocycles. The fraction of sp³-hybridized carbons (Fsp3) is 0.393. The molecule has 0 fully saturated rings. The molecule has 0 bridgehead atoms. The number of hydrogen-bond donors (Lipinski definition) is 2. The SMILES string of the molecule is CCN1C(=CC=Cc2n(C(C)CCS(=O)(=O)O)c3cc(Cl)c(Cl)cc3[n+]2C)N(C(C)CCS(=O)(=O)O)c2cc(Cl)c(Cl)cc21. The molecule has 1 aliphatic heterocycles. The van der Waals surface area contributed by atoms with Crippen LogP contribution in [0.5, 0.6) is 0 Å². The van der Waals surface area contributed by atoms with Gasteiger partial charge in [0.25, 0.3) is 26.1 Å². The van der Waals surface area contributed by atoms with Crippen LogP contribution in [0.25, 0.3) is 17.1 Å². The van der Waals surface area contributed by atoms with E-state index in [0.29, 0.717) is 32.5 Å². The largest absolute Gasteiger partial charge is 0.326 e. The number of benzene rings is 2. The summed E-state index contributed by atoms with van der Waals surface area (Å²) in [6.45, 7) is 6.24. The van der Waals surface area contributed by atoms with E-state index in [0.717, 1.165) is 28.2 Å². The van der Waals surface area contributed by atoms with Crippen LogP contribution < -0.4 is 14.4 Å². The molecule has 1 aromatic heterocycles. The molecule has 0 amide bonds. The van der Waals surface area contributed by atoms with E-state index in [1.807, 2.05) is 65.0 Å². The molecule has 0 saturated heterocycles. The number of halogens is 4. The van der Waals surface area contributed by atoms with Crippen molar-refractivity contribution in [2.75, 3.05) is 27.9 Å². The van der Waals surface area contributed by atoms with Crippen molar-refractivity contribution in [3.63, 3.8) is 0 Å². The van der Waals surface area contributed by atoms with E-state index in [-0.39, 0.29) is 24.9 Å². The molecule has 240 valence electrons. The second-order valence-electron chi connectivity index (χ2n) is 10.6. The van der Waals surface area contributed by atoms with Crippen LogP contribution in [0.15, 0.2) is 42.2 Å². The summed E-state index contributed by atoms with van der Waals surface area (Å²) in [4.78, 5) is 3.98. The lowest BCUT2D eigenvalue weighted by atomic mass is 10.2. The summed E-state index contributed by atoms with van der Waals surface area (Å²) in [6, 6.07) is 6.25. The lowest BCUT2D eigenvalue weighted by Crippen LogP contribution is -2.36. The Labute approximate surface area is 277 Å². The van der Waals surface area contributed by atoms with E-state index < -0.39 is 31.7 Å². The summed E-state index contributed by atoms with van der Waals surface area (Å²) in [5.41, 5.74) is 3.03. The molecule has 4 rings (SSSR count). The van der Waals surface area contributed by atoms with Crippen molar-refractivity contribution in [2.45, 2.75) is 45.7 Å². The van der Waals surface area contributed by atoms with E-state index >= 15 is 0 Å². The van der Waals surface area contributed by atoms with Crippen LogP contribution in [0.2, 0.25) is 20.1 Å². The number of allylic oxidation sites excluding steroid dienone is 2. The molecule has 10 nitrogen and oxygen atoms in total. The number of aromatic nitrogens is 2. The first-order valence-electron chi connectivity index (χ1n) is 13.7. The maximum Gasteiger partial charge on any atom is 0.282 e. The second kappa shape index (κ2) is 13.4. The molecule has 1 aliphatic rings. The highest BCUT2D eigenvalue weighted by Gasteiger charge is 2.35. The third-order valence-corrected chi connectivity index (χ3v) is 10.5. The average molecular weight is 728 g/mol. The van der Waals surface area contributed by atoms with Gasteiger partial charge in [0.2, 0.25) is 0 Å². The van der Waals surface area contributed by atoms with Gasteiger partial charge in [0.1, 0.15) is 11.9 Å². The van der Waals surface area contributed by atoms with Gasteiger partial charge in [0.05, 0.1) is 50.0 Å². The smallest absolute Gasteiger partial charge is 0.282 e. The van der Waals surface area contributed by atoms with Crippen LogP contribution >= 0.6 is 46.4 Å². The van der Waals surface area contributed by atoms with Gasteiger partial charge in [-0.3, -0.25) is 9.11 Å². The van der Waals surface area contributed by atoms with Gasteiger partial charge in [-0.15, -0.1) is 0 Å². The minimum Gasteiger partial charge on any atom is -0.326 e. The Kier molecular flexibility index (Phi) is 10.6. The first kappa shape index (κ1) is 34.8. The number of fused-ring (bicyclic) bond motifs is 2. The molecule has 2 aromatic carbocycles. The molecule has 0 saturated carbocycles. The van der Waals surface area contributed by atoms with Crippen molar-refractivity contribution in [1.29, 1.82) is 0 Å². The molecule has 3 aromatic rings. The minimum atomic E-state index is -4.18. The number of rotatable bonds is 11. The molecular formula is C28H33Cl4N4O6S2+. The first-order chi connectivity index (χ1) is 20.4. The Morgan fingerprint density at radius 2 is 1.36 bits per heavy atom. The second-order valence-corrected chi connectivity index (χ2v) is 15.4. The molecule has 0 spiro atoms. The van der Waals surface area contributed by atoms with Gasteiger partial charge in [-0.2, -0.15) is 16.8 Å². The van der Waals surface area contributed by atoms with Gasteiger partial charge in [-0.05, 0) is 45.4 Å². The third-order valence-electron chi connectivity index (χ3n) is 7.60. The van der Waals surface area contributed by atoms with E-state index in [1.165, 1.54) is 0 Å². The Morgan fingerprint density at radius 3 is 1.93 bits per heavy atom. The molecule has 16 heteroatoms. The van der Waals surface area contributed by atoms with Crippen molar-refractivity contribution in [1.82, 2.24) is 4.57 Å². The lowest BCUT2D eigenvalue weighted by molar-refractivity contribution is -0.647. The standard InChI is InChI=1S/C28H32Cl4N4O6S2/c1-5-34-24-14-20(30)22(32)16-26(24)36(18(3)10-12-44(40,41)42)28(34)8-6-7-27-33(4)23-13-19(29)21(31)15-25(23)35(27)17(2)9-11-43(37,38)39/h6-8,13-18H,5,9-12H2,1-4H3,(H-,37,38,39,40,41,42)/p+1. The van der Waals surface area contributed by atoms with Crippen molar-refractivity contribution in [3.8, 4) is 0 Å². The van der Waals surface area contributed by atoms with Crippen LogP contribution in [-0.4, -0.2) is 54.6 Å². The van der Waals surface area contributed by atoms with Crippen molar-refractivity contribution >= 4 is 95.1 Å². The zero-order valence-electron chi connectivity index (χ0n) is 24.4. The van der Waals surface area contributed by atoms with Crippen molar-refractivity contribution < 1.29 is 30.5 Å². The van der Waals surface area contributed by atoms with E-state index in [2.05, 4.69) is 0 Å². The Bertz CT molecular complexity index is 1880. The van der Waals surface area contributed by atoms with Crippen LogP contribution in [0, 0.1) is 0 Å². The highest BCUT2D eigenvalue weighted by atomic mass is 35.5. The van der Waals surface area contributed by atoms with Crippen LogP contribution in [-0.2, 0) is 27.3 Å². The summed E-state index contributed by atoms with van der Waals surface area (Å²) in [6.07, 6.45) is 5.85. The number of anilines is 2. The Balaban J connectivity index is 1.84. The summed E-state index contributed by atoms with van der Waals surface area (Å²) >= 11 is 25.5. The molecule has 2 unspecified atom stereocenters. The molecule has 2 N–H and O–H groups in total. The highest BCUT2D eigenvalue weighted by Crippen LogP contribution is 2.47. The van der Waals surface area contributed by atoms with Crippen LogP contribution in [0.3, 0.4) is 0 Å². The molecule has 2 atom stereocenters. The fourth-order valence-electron chi connectivity index (χ4n) is 5.45. The summed E-state index contributed by atoms with van der Waals surface area (Å²) < 4.78 is 68.8. The van der Waals surface area contributed by atoms with E-state index in [4.69, 9.17) is 46.4 Å². The molecule has 0 radical (unpaired) electrons. The van der Waals surface area contributed by atoms with Gasteiger partial charge < -0.3 is 9.80 Å². The number of nitrogens with zero attached hydrogens (tertiary/aromatic N) is 4. The zero-order valence-corrected chi connectivity index (χ0v) is 29.0. The van der Waals surface area contributed by atoms with E-state index in [1.54, 1.807) is 24.3 Å². The van der Waals surface area contributed by atoms with Gasteiger partial charge in [0.15, 0.2) is 11.0 Å². The Morgan fingerprint density at radius 1 is 0.841 bits per heavy atom. The summed E-state index contributed by atoms with van der Waals surface area (Å²) in [7, 11) is -6.51. The van der Waals surface area contributed by atoms with Crippen molar-refractivity contribution in [2.24, 2.45) is 7.05 Å². The monoisotopic (exact) mass is 725 g/mol. The highest BCUT2D eigenvalue weighted by molar-refractivity contribution is 7.86. The Hall–Kier alpha value is -2.03. The van der Waals surface area contributed by atoms with Gasteiger partial charge in [-0.25, -0.2) is 9.13 Å². The van der Waals surface area contributed by atoms with Crippen LogP contribution in [0.1, 0.15) is 45.5 Å². The molecule has 0 aliphatic carbocycles. The minimum absolute atomic E-state index is 0.143. The number of hydrogen-bond acceptors (Lipinski definition) is 6. The summed E-state index contributed by atoms with van der Waals surface area (Å²) in [5, 5.41) is 1.42. The normalized spacial score (nSPS) is 16.5. The fourth-order valence-corrected chi connectivity index (χ4v) is 7.36. The zero-order chi connectivity index (χ0) is 32.7.